The van der Waals surface area contributed by atoms with Gasteiger partial charge in [0.2, 0.25) is 0 Å². The van der Waals surface area contributed by atoms with Gasteiger partial charge in [0, 0.05) is 12.0 Å². The Balaban J connectivity index is 1.67. The summed E-state index contributed by atoms with van der Waals surface area (Å²) < 4.78 is 5.33. The lowest BCUT2D eigenvalue weighted by atomic mass is 9.86. The summed E-state index contributed by atoms with van der Waals surface area (Å²) in [6.07, 6.45) is 14.3. The van der Waals surface area contributed by atoms with Crippen LogP contribution >= 0.6 is 23.4 Å². The van der Waals surface area contributed by atoms with Gasteiger partial charge >= 0.3 is 5.97 Å². The first kappa shape index (κ1) is 26.0. The molecule has 0 saturated heterocycles. The zero-order valence-corrected chi connectivity index (χ0v) is 20.3. The lowest BCUT2D eigenvalue weighted by Gasteiger charge is -2.23. The molecule has 0 aromatic carbocycles. The van der Waals surface area contributed by atoms with E-state index in [1.165, 1.54) is 24.2 Å². The van der Waals surface area contributed by atoms with Crippen LogP contribution < -0.4 is 0 Å². The van der Waals surface area contributed by atoms with E-state index in [0.29, 0.717) is 24.9 Å². The van der Waals surface area contributed by atoms with Gasteiger partial charge in [-0.1, -0.05) is 38.2 Å². The smallest absolute Gasteiger partial charge is 0.319 e. The third-order valence-corrected chi connectivity index (χ3v) is 8.19. The van der Waals surface area contributed by atoms with Gasteiger partial charge in [-0.25, -0.2) is 0 Å². The minimum atomic E-state index is -0.262. The first-order valence-electron chi connectivity index (χ1n) is 11.9. The molecule has 1 saturated carbocycles. The molecule has 3 unspecified atom stereocenters. The van der Waals surface area contributed by atoms with Gasteiger partial charge in [0.15, 0.2) is 0 Å². The number of carbonyl (C=O) groups is 1. The number of alkyl halides is 1. The van der Waals surface area contributed by atoms with E-state index in [1.54, 1.807) is 11.8 Å². The molecule has 5 atom stereocenters. The molecule has 0 aromatic rings. The van der Waals surface area contributed by atoms with Crippen molar-refractivity contribution < 1.29 is 19.7 Å². The molecule has 1 heterocycles. The predicted octanol–water partition coefficient (Wildman–Crippen LogP) is 5.83. The Morgan fingerprint density at radius 1 is 1.13 bits per heavy atom. The van der Waals surface area contributed by atoms with Crippen LogP contribution in [0, 0.1) is 11.8 Å². The molecule has 2 aliphatic rings. The van der Waals surface area contributed by atoms with Crippen molar-refractivity contribution in [3.63, 3.8) is 0 Å². The van der Waals surface area contributed by atoms with Gasteiger partial charge in [0.05, 0.1) is 12.2 Å². The number of aliphatic hydroxyl groups is 2. The van der Waals surface area contributed by atoms with E-state index in [4.69, 9.17) is 21.4 Å². The van der Waals surface area contributed by atoms with Crippen molar-refractivity contribution in [1.29, 1.82) is 0 Å². The second-order valence-corrected chi connectivity index (χ2v) is 11.1. The van der Waals surface area contributed by atoms with Crippen LogP contribution in [0.15, 0.2) is 11.0 Å². The number of esters is 1. The molecule has 2 rings (SSSR count). The van der Waals surface area contributed by atoms with Crippen molar-refractivity contribution in [1.82, 2.24) is 0 Å². The van der Waals surface area contributed by atoms with Crippen LogP contribution in [0.1, 0.15) is 90.9 Å². The average Bonchev–Trinajstić information content (AvgIpc) is 3.26. The van der Waals surface area contributed by atoms with Crippen LogP contribution in [0.3, 0.4) is 0 Å². The molecule has 0 spiro atoms. The molecular weight excluding hydrogens is 420 g/mol. The lowest BCUT2D eigenvalue weighted by Crippen LogP contribution is -2.21. The molecule has 1 aliphatic heterocycles. The Kier molecular flexibility index (Phi) is 12.2. The Bertz CT molecular complexity index is 539. The van der Waals surface area contributed by atoms with Crippen molar-refractivity contribution in [2.75, 3.05) is 6.61 Å². The Labute approximate surface area is 192 Å². The first-order valence-corrected chi connectivity index (χ1v) is 13.2. The highest BCUT2D eigenvalue weighted by Crippen LogP contribution is 2.43. The van der Waals surface area contributed by atoms with Gasteiger partial charge in [-0.15, -0.1) is 23.4 Å². The summed E-state index contributed by atoms with van der Waals surface area (Å²) in [4.78, 5) is 13.4. The van der Waals surface area contributed by atoms with Crippen LogP contribution in [0.4, 0.5) is 0 Å². The number of hydrogen-bond acceptors (Lipinski definition) is 5. The summed E-state index contributed by atoms with van der Waals surface area (Å²) >= 11 is 8.27. The standard InChI is InChI=1S/C24H41ClO4S/c1-17(2)29-24(28)23-14-13-18(30-23)10-9-12-19-20(22(27)16-21(19)25)11-7-5-3-4-6-8-15-26/h13,17,19-23,26-27H,3-12,14-16H2,1-2H3/t19-,20?,21?,22-,23?/m1/s1. The third-order valence-electron chi connectivity index (χ3n) is 6.35. The second-order valence-electron chi connectivity index (χ2n) is 9.17. The number of hydrogen-bond donors (Lipinski definition) is 2. The molecule has 0 aromatic heterocycles. The number of rotatable bonds is 14. The molecule has 0 amide bonds. The zero-order valence-electron chi connectivity index (χ0n) is 18.7. The largest absolute Gasteiger partial charge is 0.462 e. The number of ether oxygens (including phenoxy) is 1. The van der Waals surface area contributed by atoms with Crippen LogP contribution in [-0.2, 0) is 9.53 Å². The summed E-state index contributed by atoms with van der Waals surface area (Å²) in [7, 11) is 0. The second kappa shape index (κ2) is 14.0. The summed E-state index contributed by atoms with van der Waals surface area (Å²) in [6, 6.07) is 0. The van der Waals surface area contributed by atoms with E-state index in [2.05, 4.69) is 6.08 Å². The predicted molar refractivity (Wildman–Crippen MR) is 126 cm³/mol. The van der Waals surface area contributed by atoms with Crippen LogP contribution in [0.2, 0.25) is 0 Å². The van der Waals surface area contributed by atoms with Crippen LogP contribution in [0.5, 0.6) is 0 Å². The molecule has 174 valence electrons. The van der Waals surface area contributed by atoms with Gasteiger partial charge < -0.3 is 14.9 Å². The maximum Gasteiger partial charge on any atom is 0.319 e. The van der Waals surface area contributed by atoms with E-state index >= 15 is 0 Å². The van der Waals surface area contributed by atoms with Gasteiger partial charge in [0.25, 0.3) is 0 Å². The van der Waals surface area contributed by atoms with Crippen molar-refractivity contribution in [3.8, 4) is 0 Å². The molecule has 0 bridgehead atoms. The quantitative estimate of drug-likeness (QED) is 0.194. The number of thioether (sulfide) groups is 1. The summed E-state index contributed by atoms with van der Waals surface area (Å²) in [5.41, 5.74) is 0. The molecule has 4 nitrogen and oxygen atoms in total. The Hall–Kier alpha value is -0.230. The number of aliphatic hydroxyl groups excluding tert-OH is 2. The van der Waals surface area contributed by atoms with Gasteiger partial charge in [-0.3, -0.25) is 4.79 Å². The third kappa shape index (κ3) is 8.72. The van der Waals surface area contributed by atoms with Crippen LogP contribution in [-0.4, -0.2) is 45.6 Å². The summed E-state index contributed by atoms with van der Waals surface area (Å²) in [5.74, 6) is 0.617. The van der Waals surface area contributed by atoms with Crippen molar-refractivity contribution in [3.05, 3.63) is 11.0 Å². The summed E-state index contributed by atoms with van der Waals surface area (Å²) in [6.45, 7) is 4.07. The number of allylic oxidation sites excluding steroid dienone is 2. The number of carbonyl (C=O) groups excluding carboxylic acids is 1. The molecule has 2 N–H and O–H groups in total. The molecule has 1 aliphatic carbocycles. The van der Waals surface area contributed by atoms with E-state index in [-0.39, 0.29) is 28.8 Å². The van der Waals surface area contributed by atoms with E-state index in [1.807, 2.05) is 13.8 Å². The van der Waals surface area contributed by atoms with E-state index in [0.717, 1.165) is 51.4 Å². The van der Waals surface area contributed by atoms with Gasteiger partial charge in [0.1, 0.15) is 5.25 Å². The van der Waals surface area contributed by atoms with Gasteiger partial charge in [-0.2, -0.15) is 0 Å². The average molecular weight is 461 g/mol. The molecule has 6 heteroatoms. The Morgan fingerprint density at radius 2 is 1.80 bits per heavy atom. The zero-order chi connectivity index (χ0) is 21.9. The molecule has 1 fully saturated rings. The fourth-order valence-corrected chi connectivity index (χ4v) is 6.44. The van der Waals surface area contributed by atoms with Crippen LogP contribution in [0.25, 0.3) is 0 Å². The molecule has 30 heavy (non-hydrogen) atoms. The minimum absolute atomic E-state index is 0.0610. The molecular formula is C24H41ClO4S. The Morgan fingerprint density at radius 3 is 2.50 bits per heavy atom. The van der Waals surface area contributed by atoms with E-state index < -0.39 is 0 Å². The fraction of sp³-hybridized carbons (Fsp3) is 0.875. The number of unbranched alkanes of at least 4 members (excludes halogenated alkanes) is 5. The highest BCUT2D eigenvalue weighted by atomic mass is 35.5. The van der Waals surface area contributed by atoms with Crippen molar-refractivity contribution in [2.45, 2.75) is 114 Å². The normalized spacial score (nSPS) is 28.9. The van der Waals surface area contributed by atoms with E-state index in [9.17, 15) is 9.90 Å². The minimum Gasteiger partial charge on any atom is -0.462 e. The van der Waals surface area contributed by atoms with Gasteiger partial charge in [-0.05, 0) is 75.5 Å². The molecule has 0 radical (unpaired) electrons. The van der Waals surface area contributed by atoms with Crippen molar-refractivity contribution >= 4 is 29.3 Å². The maximum atomic E-state index is 12.1. The highest BCUT2D eigenvalue weighted by molar-refractivity contribution is 8.04. The monoisotopic (exact) mass is 460 g/mol. The van der Waals surface area contributed by atoms with Crippen molar-refractivity contribution in [2.24, 2.45) is 11.8 Å². The fourth-order valence-electron chi connectivity index (χ4n) is 4.78. The number of halogens is 1. The maximum absolute atomic E-state index is 12.1. The lowest BCUT2D eigenvalue weighted by molar-refractivity contribution is -0.146. The topological polar surface area (TPSA) is 66.8 Å². The first-order chi connectivity index (χ1) is 14.4. The summed E-state index contributed by atoms with van der Waals surface area (Å²) in [5, 5.41) is 19.3. The SMILES string of the molecule is CC(C)OC(=O)C1CC=C(CCC[C@H]2C(Cl)C[C@@H](O)C2CCCCCCCCO)S1. The highest BCUT2D eigenvalue weighted by Gasteiger charge is 2.40.